The number of hydrogen-bond donors (Lipinski definition) is 2. The topological polar surface area (TPSA) is 91.9 Å². The van der Waals surface area contributed by atoms with E-state index in [-0.39, 0.29) is 5.75 Å². The number of aryl methyl sites for hydroxylation is 3. The van der Waals surface area contributed by atoms with Crippen LogP contribution in [0.3, 0.4) is 0 Å². The molecule has 0 radical (unpaired) electrons. The van der Waals surface area contributed by atoms with E-state index >= 15 is 0 Å². The van der Waals surface area contributed by atoms with Gasteiger partial charge in [0.05, 0.1) is 16.2 Å². The van der Waals surface area contributed by atoms with Crippen molar-refractivity contribution in [2.75, 3.05) is 5.75 Å². The van der Waals surface area contributed by atoms with Crippen LogP contribution in [0.1, 0.15) is 77.0 Å². The Morgan fingerprint density at radius 2 is 1.67 bits per heavy atom. The van der Waals surface area contributed by atoms with E-state index in [1.165, 1.54) is 5.56 Å². The Bertz CT molecular complexity index is 1480. The van der Waals surface area contributed by atoms with Gasteiger partial charge in [0.25, 0.3) is 0 Å². The number of aromatic amines is 1. The second kappa shape index (κ2) is 14.8. The number of carbonyl (C=O) groups is 1. The van der Waals surface area contributed by atoms with Crippen LogP contribution in [0.2, 0.25) is 0 Å². The van der Waals surface area contributed by atoms with Crippen molar-refractivity contribution in [1.82, 2.24) is 15.3 Å². The minimum absolute atomic E-state index is 0.0923. The van der Waals surface area contributed by atoms with Crippen molar-refractivity contribution in [2.24, 2.45) is 0 Å². The Balaban J connectivity index is 0.000000378. The number of nitrogens with zero attached hydrogens (tertiary/aromatic N) is 1. The first-order valence-electron chi connectivity index (χ1n) is 14.1. The largest absolute Gasteiger partial charge is 0.356 e. The monoisotopic (exact) mass is 551 g/mol. The fourth-order valence-corrected chi connectivity index (χ4v) is 5.61. The van der Waals surface area contributed by atoms with E-state index in [4.69, 9.17) is 0 Å². The molecular formula is C32H45N3O3S. The number of hydrogen-bond acceptors (Lipinski definition) is 4. The van der Waals surface area contributed by atoms with E-state index in [1.807, 2.05) is 39.1 Å². The fourth-order valence-electron chi connectivity index (χ4n) is 4.69. The highest BCUT2D eigenvalue weighted by atomic mass is 32.2. The predicted octanol–water partition coefficient (Wildman–Crippen LogP) is 7.83. The first kappa shape index (κ1) is 32.0. The summed E-state index contributed by atoms with van der Waals surface area (Å²) in [4.78, 5) is 18.4. The summed E-state index contributed by atoms with van der Waals surface area (Å²) in [5.74, 6) is 0.0923. The van der Waals surface area contributed by atoms with Gasteiger partial charge in [-0.05, 0) is 79.6 Å². The van der Waals surface area contributed by atoms with Gasteiger partial charge < -0.3 is 10.3 Å². The van der Waals surface area contributed by atoms with Crippen molar-refractivity contribution in [2.45, 2.75) is 92.0 Å². The number of carbonyl (C=O) groups excluding carboxylic acids is 1. The van der Waals surface area contributed by atoms with Crippen LogP contribution in [0.25, 0.3) is 33.1 Å². The number of amides is 1. The van der Waals surface area contributed by atoms with Crippen LogP contribution >= 0.6 is 0 Å². The third-order valence-electron chi connectivity index (χ3n) is 6.85. The lowest BCUT2D eigenvalue weighted by Gasteiger charge is -2.12. The van der Waals surface area contributed by atoms with E-state index in [0.29, 0.717) is 10.9 Å². The minimum atomic E-state index is -3.26. The predicted molar refractivity (Wildman–Crippen MR) is 165 cm³/mol. The molecule has 0 unspecified atom stereocenters. The third kappa shape index (κ3) is 7.69. The molecule has 0 aliphatic rings. The normalized spacial score (nSPS) is 11.1. The van der Waals surface area contributed by atoms with E-state index in [9.17, 15) is 13.2 Å². The lowest BCUT2D eigenvalue weighted by molar-refractivity contribution is -0.110. The van der Waals surface area contributed by atoms with Gasteiger partial charge in [0.15, 0.2) is 9.84 Å². The van der Waals surface area contributed by atoms with Crippen LogP contribution in [-0.4, -0.2) is 36.6 Å². The lowest BCUT2D eigenvalue weighted by atomic mass is 9.94. The van der Waals surface area contributed by atoms with Gasteiger partial charge in [0, 0.05) is 23.0 Å². The lowest BCUT2D eigenvalue weighted by Crippen LogP contribution is -2.27. The number of sulfone groups is 1. The summed E-state index contributed by atoms with van der Waals surface area (Å²) in [6.07, 6.45) is 7.15. The standard InChI is InChI=1S/C22H22N2O2S.C8H17NO.C2H6/c1-5-27(25,26)17-8-6-7-16(11-17)18-10-14(3)15(4)21-20(18)19-9-13(2)12-23-22(19)24-21;1-3-5-8(6-4-2)9-7-10;1-2/h6-12H,5H2,1-4H3,(H,23,24);7-8H,3-6H2,1-2H3,(H,9,10);1-2H3. The highest BCUT2D eigenvalue weighted by Gasteiger charge is 2.17. The first-order chi connectivity index (χ1) is 18.7. The summed E-state index contributed by atoms with van der Waals surface area (Å²) < 4.78 is 24.7. The van der Waals surface area contributed by atoms with Gasteiger partial charge >= 0.3 is 0 Å². The van der Waals surface area contributed by atoms with Crippen LogP contribution in [0.5, 0.6) is 0 Å². The summed E-state index contributed by atoms with van der Waals surface area (Å²) in [7, 11) is -3.26. The van der Waals surface area contributed by atoms with Crippen LogP contribution in [0.15, 0.2) is 47.5 Å². The molecule has 212 valence electrons. The summed E-state index contributed by atoms with van der Waals surface area (Å²) in [6, 6.07) is 11.9. The van der Waals surface area contributed by atoms with Crippen molar-refractivity contribution in [3.63, 3.8) is 0 Å². The number of pyridine rings is 1. The number of benzene rings is 2. The maximum absolute atomic E-state index is 12.4. The molecule has 6 nitrogen and oxygen atoms in total. The van der Waals surface area contributed by atoms with Crippen LogP contribution < -0.4 is 5.32 Å². The summed E-state index contributed by atoms with van der Waals surface area (Å²) >= 11 is 0. The molecule has 0 spiro atoms. The Labute approximate surface area is 234 Å². The Hall–Kier alpha value is -3.19. The molecule has 2 N–H and O–H groups in total. The molecule has 0 bridgehead atoms. The highest BCUT2D eigenvalue weighted by Crippen LogP contribution is 2.38. The maximum atomic E-state index is 12.4. The average molecular weight is 552 g/mol. The molecule has 1 amide bonds. The molecule has 4 rings (SSSR count). The zero-order valence-electron chi connectivity index (χ0n) is 24.8. The molecule has 39 heavy (non-hydrogen) atoms. The molecule has 0 aliphatic carbocycles. The van der Waals surface area contributed by atoms with Gasteiger partial charge in [-0.15, -0.1) is 0 Å². The van der Waals surface area contributed by atoms with Crippen LogP contribution in [0.4, 0.5) is 0 Å². The second-order valence-electron chi connectivity index (χ2n) is 9.64. The molecule has 0 atom stereocenters. The average Bonchev–Trinajstić information content (AvgIpc) is 3.32. The molecule has 2 heterocycles. The van der Waals surface area contributed by atoms with Gasteiger partial charge in [-0.3, -0.25) is 4.79 Å². The SMILES string of the molecule is CC.CCCC(CCC)NC=O.CCS(=O)(=O)c1cccc(-c2cc(C)c(C)c3[nH]c4ncc(C)cc4c23)c1. The van der Waals surface area contributed by atoms with E-state index in [0.717, 1.165) is 76.3 Å². The van der Waals surface area contributed by atoms with Crippen molar-refractivity contribution >= 4 is 38.2 Å². The third-order valence-corrected chi connectivity index (χ3v) is 8.58. The van der Waals surface area contributed by atoms with Gasteiger partial charge in [0.1, 0.15) is 5.65 Å². The molecule has 7 heteroatoms. The smallest absolute Gasteiger partial charge is 0.207 e. The molecular weight excluding hydrogens is 506 g/mol. The molecule has 4 aromatic rings. The van der Waals surface area contributed by atoms with Crippen molar-refractivity contribution in [3.05, 3.63) is 59.3 Å². The van der Waals surface area contributed by atoms with Crippen LogP contribution in [0, 0.1) is 20.8 Å². The molecule has 0 saturated carbocycles. The molecule has 2 aromatic carbocycles. The summed E-state index contributed by atoms with van der Waals surface area (Å²) in [6.45, 7) is 16.1. The Morgan fingerprint density at radius 3 is 2.26 bits per heavy atom. The maximum Gasteiger partial charge on any atom is 0.207 e. The Morgan fingerprint density at radius 1 is 1.00 bits per heavy atom. The van der Waals surface area contributed by atoms with Gasteiger partial charge in [-0.2, -0.15) is 0 Å². The molecule has 2 aromatic heterocycles. The first-order valence-corrected chi connectivity index (χ1v) is 15.7. The number of nitrogens with one attached hydrogen (secondary N) is 2. The van der Waals surface area contributed by atoms with Crippen LogP contribution in [-0.2, 0) is 14.6 Å². The number of aromatic nitrogens is 2. The summed E-state index contributed by atoms with van der Waals surface area (Å²) in [5.41, 5.74) is 7.27. The zero-order chi connectivity index (χ0) is 29.2. The van der Waals surface area contributed by atoms with E-state index in [2.05, 4.69) is 55.1 Å². The molecule has 0 saturated heterocycles. The van der Waals surface area contributed by atoms with E-state index < -0.39 is 9.84 Å². The van der Waals surface area contributed by atoms with E-state index in [1.54, 1.807) is 19.1 Å². The quantitative estimate of drug-likeness (QED) is 0.207. The second-order valence-corrected chi connectivity index (χ2v) is 11.9. The van der Waals surface area contributed by atoms with Crippen molar-refractivity contribution < 1.29 is 13.2 Å². The Kier molecular flexibility index (Phi) is 12.2. The van der Waals surface area contributed by atoms with Gasteiger partial charge in [0.2, 0.25) is 6.41 Å². The van der Waals surface area contributed by atoms with Gasteiger partial charge in [-0.25, -0.2) is 13.4 Å². The minimum Gasteiger partial charge on any atom is -0.356 e. The highest BCUT2D eigenvalue weighted by molar-refractivity contribution is 7.91. The van der Waals surface area contributed by atoms with Gasteiger partial charge in [-0.1, -0.05) is 65.7 Å². The molecule has 0 fully saturated rings. The van der Waals surface area contributed by atoms with Crippen molar-refractivity contribution in [3.8, 4) is 11.1 Å². The number of fused-ring (bicyclic) bond motifs is 3. The number of H-pyrrole nitrogens is 1. The zero-order valence-corrected chi connectivity index (χ0v) is 25.6. The fraction of sp³-hybridized carbons (Fsp3) is 0.438. The summed E-state index contributed by atoms with van der Waals surface area (Å²) in [5, 5.41) is 4.96. The number of rotatable bonds is 9. The molecule has 0 aliphatic heterocycles. The van der Waals surface area contributed by atoms with Crippen molar-refractivity contribution in [1.29, 1.82) is 0 Å².